The maximum atomic E-state index is 12.4. The molecule has 6 heteroatoms. The number of fused-ring (bicyclic) bond motifs is 2. The quantitative estimate of drug-likeness (QED) is 0.743. The van der Waals surface area contributed by atoms with Gasteiger partial charge in [-0.3, -0.25) is 14.2 Å². The molecular weight excluding hydrogens is 246 g/mol. The van der Waals surface area contributed by atoms with E-state index >= 15 is 0 Å². The fraction of sp³-hybridized carbons (Fsp3) is 0.462. The molecule has 2 aromatic heterocycles. The zero-order valence-electron chi connectivity index (χ0n) is 11.0. The van der Waals surface area contributed by atoms with Crippen molar-refractivity contribution < 1.29 is 9.53 Å². The molecule has 0 amide bonds. The molecule has 0 saturated heterocycles. The second kappa shape index (κ2) is 4.22. The van der Waals surface area contributed by atoms with E-state index in [1.54, 1.807) is 15.3 Å². The van der Waals surface area contributed by atoms with E-state index in [2.05, 4.69) is 9.72 Å². The topological polar surface area (TPSA) is 66.1 Å². The van der Waals surface area contributed by atoms with E-state index in [0.29, 0.717) is 11.0 Å². The standard InChI is InChI=1S/C13H15N3O3/c1-8-6-15(7-10(17)19-2)12-11(8)13(18)16-5-3-4-9(16)14-12/h6H,3-5,7H2,1-2H3. The van der Waals surface area contributed by atoms with Gasteiger partial charge < -0.3 is 9.30 Å². The molecule has 0 fully saturated rings. The fourth-order valence-corrected chi connectivity index (χ4v) is 2.64. The Morgan fingerprint density at radius 1 is 1.53 bits per heavy atom. The number of aromatic nitrogens is 3. The van der Waals surface area contributed by atoms with Crippen LogP contribution in [0.25, 0.3) is 11.0 Å². The Balaban J connectivity index is 2.24. The van der Waals surface area contributed by atoms with Crippen LogP contribution in [0.15, 0.2) is 11.0 Å². The Kier molecular flexibility index (Phi) is 2.66. The average Bonchev–Trinajstić information content (AvgIpc) is 2.96. The number of methoxy groups -OCH3 is 1. The van der Waals surface area contributed by atoms with E-state index in [0.717, 1.165) is 30.8 Å². The number of hydrogen-bond acceptors (Lipinski definition) is 4. The number of carbonyl (C=O) groups is 1. The summed E-state index contributed by atoms with van der Waals surface area (Å²) in [6.07, 6.45) is 3.55. The zero-order chi connectivity index (χ0) is 13.6. The molecular formula is C13H15N3O3. The average molecular weight is 261 g/mol. The maximum absolute atomic E-state index is 12.4. The molecule has 0 aromatic carbocycles. The van der Waals surface area contributed by atoms with E-state index < -0.39 is 0 Å². The van der Waals surface area contributed by atoms with Crippen LogP contribution in [0.5, 0.6) is 0 Å². The summed E-state index contributed by atoms with van der Waals surface area (Å²) in [5, 5.41) is 0.606. The van der Waals surface area contributed by atoms with E-state index in [1.165, 1.54) is 7.11 Å². The largest absolute Gasteiger partial charge is 0.468 e. The molecule has 3 heterocycles. The van der Waals surface area contributed by atoms with Gasteiger partial charge in [0.15, 0.2) is 0 Å². The van der Waals surface area contributed by atoms with Crippen molar-refractivity contribution in [2.45, 2.75) is 32.9 Å². The summed E-state index contributed by atoms with van der Waals surface area (Å²) >= 11 is 0. The van der Waals surface area contributed by atoms with Crippen molar-refractivity contribution in [1.29, 1.82) is 0 Å². The highest BCUT2D eigenvalue weighted by Crippen LogP contribution is 2.19. The first-order chi connectivity index (χ1) is 9.11. The van der Waals surface area contributed by atoms with Gasteiger partial charge in [-0.1, -0.05) is 0 Å². The smallest absolute Gasteiger partial charge is 0.325 e. The van der Waals surface area contributed by atoms with Crippen molar-refractivity contribution in [3.8, 4) is 0 Å². The van der Waals surface area contributed by atoms with Crippen LogP contribution in [-0.2, 0) is 29.0 Å². The molecule has 0 unspecified atom stereocenters. The molecule has 19 heavy (non-hydrogen) atoms. The van der Waals surface area contributed by atoms with Gasteiger partial charge in [0.25, 0.3) is 5.56 Å². The van der Waals surface area contributed by atoms with Gasteiger partial charge >= 0.3 is 5.97 Å². The third kappa shape index (κ3) is 1.75. The Morgan fingerprint density at radius 2 is 2.32 bits per heavy atom. The zero-order valence-corrected chi connectivity index (χ0v) is 11.0. The lowest BCUT2D eigenvalue weighted by Gasteiger charge is -2.05. The predicted molar refractivity (Wildman–Crippen MR) is 69.1 cm³/mol. The summed E-state index contributed by atoms with van der Waals surface area (Å²) in [4.78, 5) is 28.3. The first-order valence-electron chi connectivity index (χ1n) is 6.28. The van der Waals surface area contributed by atoms with Gasteiger partial charge in [0, 0.05) is 19.2 Å². The molecule has 0 spiro atoms. The highest BCUT2D eigenvalue weighted by atomic mass is 16.5. The van der Waals surface area contributed by atoms with Gasteiger partial charge in [0.1, 0.15) is 18.0 Å². The van der Waals surface area contributed by atoms with Crippen molar-refractivity contribution in [2.75, 3.05) is 7.11 Å². The Hall–Kier alpha value is -2.11. The van der Waals surface area contributed by atoms with E-state index in [9.17, 15) is 9.59 Å². The van der Waals surface area contributed by atoms with Gasteiger partial charge in [0.2, 0.25) is 0 Å². The molecule has 0 saturated carbocycles. The molecule has 2 aromatic rings. The molecule has 0 radical (unpaired) electrons. The summed E-state index contributed by atoms with van der Waals surface area (Å²) in [6, 6.07) is 0. The lowest BCUT2D eigenvalue weighted by Crippen LogP contribution is -2.21. The first-order valence-corrected chi connectivity index (χ1v) is 6.28. The van der Waals surface area contributed by atoms with E-state index in [-0.39, 0.29) is 18.1 Å². The van der Waals surface area contributed by atoms with Crippen LogP contribution in [0, 0.1) is 6.92 Å². The first kappa shape index (κ1) is 12.0. The highest BCUT2D eigenvalue weighted by Gasteiger charge is 2.20. The third-order valence-electron chi connectivity index (χ3n) is 3.55. The van der Waals surface area contributed by atoms with E-state index in [1.807, 2.05) is 6.92 Å². The maximum Gasteiger partial charge on any atom is 0.325 e. The summed E-state index contributed by atoms with van der Waals surface area (Å²) in [6.45, 7) is 2.68. The number of esters is 1. The molecule has 0 atom stereocenters. The van der Waals surface area contributed by atoms with Crippen molar-refractivity contribution in [2.24, 2.45) is 0 Å². The van der Waals surface area contributed by atoms with Gasteiger partial charge in [-0.15, -0.1) is 0 Å². The second-order valence-corrected chi connectivity index (χ2v) is 4.80. The minimum Gasteiger partial charge on any atom is -0.468 e. The molecule has 0 aliphatic carbocycles. The summed E-state index contributed by atoms with van der Waals surface area (Å²) in [5.74, 6) is 0.459. The number of carbonyl (C=O) groups excluding carboxylic acids is 1. The van der Waals surface area contributed by atoms with Gasteiger partial charge in [-0.05, 0) is 18.9 Å². The number of rotatable bonds is 2. The number of nitrogens with zero attached hydrogens (tertiary/aromatic N) is 3. The Morgan fingerprint density at radius 3 is 3.05 bits per heavy atom. The molecule has 0 bridgehead atoms. The molecule has 3 rings (SSSR count). The minimum absolute atomic E-state index is 0.00128. The van der Waals surface area contributed by atoms with Crippen molar-refractivity contribution >= 4 is 17.0 Å². The highest BCUT2D eigenvalue weighted by molar-refractivity contribution is 5.81. The third-order valence-corrected chi connectivity index (χ3v) is 3.55. The second-order valence-electron chi connectivity index (χ2n) is 4.80. The van der Waals surface area contributed by atoms with Gasteiger partial charge in [-0.25, -0.2) is 4.98 Å². The normalized spacial score (nSPS) is 13.8. The molecule has 0 N–H and O–H groups in total. The number of ether oxygens (including phenoxy) is 1. The van der Waals surface area contributed by atoms with Gasteiger partial charge in [0.05, 0.1) is 12.5 Å². The fourth-order valence-electron chi connectivity index (χ4n) is 2.64. The van der Waals surface area contributed by atoms with E-state index in [4.69, 9.17) is 0 Å². The van der Waals surface area contributed by atoms with Crippen molar-refractivity contribution in [3.05, 3.63) is 27.9 Å². The lowest BCUT2D eigenvalue weighted by molar-refractivity contribution is -0.141. The molecule has 100 valence electrons. The van der Waals surface area contributed by atoms with Crippen molar-refractivity contribution in [1.82, 2.24) is 14.1 Å². The predicted octanol–water partition coefficient (Wildman–Crippen LogP) is 0.626. The molecule has 6 nitrogen and oxygen atoms in total. The van der Waals surface area contributed by atoms with Crippen LogP contribution in [0.3, 0.4) is 0 Å². The Bertz CT molecular complexity index is 727. The minimum atomic E-state index is -0.348. The summed E-state index contributed by atoms with van der Waals surface area (Å²) in [7, 11) is 1.35. The van der Waals surface area contributed by atoms with Crippen LogP contribution in [0.1, 0.15) is 17.8 Å². The van der Waals surface area contributed by atoms with Crippen LogP contribution in [0.2, 0.25) is 0 Å². The van der Waals surface area contributed by atoms with Crippen LogP contribution >= 0.6 is 0 Å². The SMILES string of the molecule is COC(=O)Cn1cc(C)c2c(=O)n3c(nc21)CCC3. The van der Waals surface area contributed by atoms with Crippen LogP contribution < -0.4 is 5.56 Å². The number of aryl methyl sites for hydroxylation is 2. The number of hydrogen-bond donors (Lipinski definition) is 0. The van der Waals surface area contributed by atoms with Crippen molar-refractivity contribution in [3.63, 3.8) is 0 Å². The summed E-state index contributed by atoms with van der Waals surface area (Å²) < 4.78 is 8.09. The summed E-state index contributed by atoms with van der Waals surface area (Å²) in [5.41, 5.74) is 1.43. The lowest BCUT2D eigenvalue weighted by atomic mass is 10.3. The van der Waals surface area contributed by atoms with Crippen LogP contribution in [0.4, 0.5) is 0 Å². The van der Waals surface area contributed by atoms with Gasteiger partial charge in [-0.2, -0.15) is 0 Å². The monoisotopic (exact) mass is 261 g/mol. The molecule has 1 aliphatic rings. The Labute approximate surface area is 109 Å². The molecule has 1 aliphatic heterocycles. The van der Waals surface area contributed by atoms with Crippen LogP contribution in [-0.4, -0.2) is 27.2 Å².